The molecule has 164 valence electrons. The molecule has 0 aliphatic heterocycles. The summed E-state index contributed by atoms with van der Waals surface area (Å²) < 4.78 is 2.04. The van der Waals surface area contributed by atoms with Gasteiger partial charge in [-0.05, 0) is 30.5 Å². The molecule has 0 fully saturated rings. The third kappa shape index (κ3) is 7.69. The summed E-state index contributed by atoms with van der Waals surface area (Å²) in [5.74, 6) is 0.0928. The molecule has 2 aromatic rings. The lowest BCUT2D eigenvalue weighted by molar-refractivity contribution is -0.141. The molecule has 5 heteroatoms. The summed E-state index contributed by atoms with van der Waals surface area (Å²) in [5.41, 5.74) is 2.17. The van der Waals surface area contributed by atoms with Crippen LogP contribution < -0.4 is 0 Å². The van der Waals surface area contributed by atoms with Crippen LogP contribution in [0.1, 0.15) is 63.6 Å². The topological polar surface area (TPSA) is 45.6 Å². The number of aromatic nitrogens is 1. The third-order valence-corrected chi connectivity index (χ3v) is 5.39. The van der Waals surface area contributed by atoms with E-state index in [-0.39, 0.29) is 18.4 Å². The van der Waals surface area contributed by atoms with Gasteiger partial charge in [0.1, 0.15) is 0 Å². The molecule has 1 aromatic carbocycles. The van der Waals surface area contributed by atoms with Crippen molar-refractivity contribution in [2.45, 2.75) is 65.5 Å². The van der Waals surface area contributed by atoms with Gasteiger partial charge >= 0.3 is 0 Å². The van der Waals surface area contributed by atoms with E-state index in [1.807, 2.05) is 72.1 Å². The van der Waals surface area contributed by atoms with E-state index < -0.39 is 0 Å². The molecule has 0 N–H and O–H groups in total. The number of hydrogen-bond acceptors (Lipinski definition) is 2. The maximum Gasteiger partial charge on any atom is 0.242 e. The molecular formula is C25H37N3O2. The Bertz CT molecular complexity index is 770. The summed E-state index contributed by atoms with van der Waals surface area (Å²) >= 11 is 0. The Hall–Kier alpha value is -2.56. The number of amides is 2. The Balaban J connectivity index is 2.07. The number of nitrogens with zero attached hydrogens (tertiary/aromatic N) is 3. The van der Waals surface area contributed by atoms with Crippen LogP contribution >= 0.6 is 0 Å². The molecular weight excluding hydrogens is 374 g/mol. The average molecular weight is 412 g/mol. The van der Waals surface area contributed by atoms with Crippen molar-refractivity contribution >= 4 is 11.8 Å². The summed E-state index contributed by atoms with van der Waals surface area (Å²) in [4.78, 5) is 29.6. The molecule has 5 nitrogen and oxygen atoms in total. The van der Waals surface area contributed by atoms with Crippen LogP contribution in [-0.4, -0.2) is 39.3 Å². The molecule has 0 aliphatic rings. The summed E-state index contributed by atoms with van der Waals surface area (Å²) in [6, 6.07) is 14.1. The van der Waals surface area contributed by atoms with Crippen molar-refractivity contribution in [1.29, 1.82) is 0 Å². The largest absolute Gasteiger partial charge is 0.353 e. The average Bonchev–Trinajstić information content (AvgIpc) is 3.15. The molecule has 0 radical (unpaired) electrons. The zero-order valence-electron chi connectivity index (χ0n) is 18.8. The Kier molecular flexibility index (Phi) is 10.2. The lowest BCUT2D eigenvalue weighted by atomic mass is 10.1. The predicted octanol–water partition coefficient (Wildman–Crippen LogP) is 4.76. The van der Waals surface area contributed by atoms with Gasteiger partial charge in [0.25, 0.3) is 0 Å². The SMILES string of the molecule is CCCCCCC(=O)N(CCC)CC(=O)N(Cc1ccccc1)Cc1cccn1C. The minimum atomic E-state index is -0.00425. The van der Waals surface area contributed by atoms with E-state index in [1.54, 1.807) is 4.90 Å². The zero-order valence-corrected chi connectivity index (χ0v) is 18.8. The van der Waals surface area contributed by atoms with E-state index >= 15 is 0 Å². The second-order valence-electron chi connectivity index (χ2n) is 7.97. The molecule has 0 saturated carbocycles. The number of hydrogen-bond donors (Lipinski definition) is 0. The monoisotopic (exact) mass is 411 g/mol. The van der Waals surface area contributed by atoms with Gasteiger partial charge in [0, 0.05) is 38.4 Å². The fourth-order valence-corrected chi connectivity index (χ4v) is 3.58. The fraction of sp³-hybridized carbons (Fsp3) is 0.520. The van der Waals surface area contributed by atoms with Gasteiger partial charge in [0.15, 0.2) is 0 Å². The van der Waals surface area contributed by atoms with Crippen LogP contribution in [0, 0.1) is 0 Å². The number of unbranched alkanes of at least 4 members (excludes halogenated alkanes) is 3. The summed E-state index contributed by atoms with van der Waals surface area (Å²) in [6.07, 6.45) is 7.65. The van der Waals surface area contributed by atoms with Crippen molar-refractivity contribution in [3.63, 3.8) is 0 Å². The van der Waals surface area contributed by atoms with Crippen LogP contribution in [0.3, 0.4) is 0 Å². The van der Waals surface area contributed by atoms with E-state index in [2.05, 4.69) is 6.92 Å². The van der Waals surface area contributed by atoms with Crippen molar-refractivity contribution in [2.24, 2.45) is 7.05 Å². The van der Waals surface area contributed by atoms with Crippen molar-refractivity contribution in [1.82, 2.24) is 14.4 Å². The quantitative estimate of drug-likeness (QED) is 0.446. The molecule has 0 spiro atoms. The van der Waals surface area contributed by atoms with Gasteiger partial charge in [-0.25, -0.2) is 0 Å². The van der Waals surface area contributed by atoms with Crippen molar-refractivity contribution in [3.05, 3.63) is 59.9 Å². The highest BCUT2D eigenvalue weighted by atomic mass is 16.2. The van der Waals surface area contributed by atoms with Crippen LogP contribution in [-0.2, 0) is 29.7 Å². The van der Waals surface area contributed by atoms with Crippen LogP contribution in [0.4, 0.5) is 0 Å². The number of carbonyl (C=O) groups excluding carboxylic acids is 2. The third-order valence-electron chi connectivity index (χ3n) is 5.39. The van der Waals surface area contributed by atoms with Gasteiger partial charge in [0.05, 0.1) is 13.1 Å². The lowest BCUT2D eigenvalue weighted by Crippen LogP contribution is -2.43. The molecule has 0 atom stereocenters. The molecule has 2 amide bonds. The predicted molar refractivity (Wildman–Crippen MR) is 122 cm³/mol. The standard InChI is InChI=1S/C25H37N3O2/c1-4-6-7-11-16-24(29)27(17-5-2)21-25(30)28(19-22-13-9-8-10-14-22)20-23-15-12-18-26(23)3/h8-10,12-15,18H,4-7,11,16-17,19-21H2,1-3H3. The van der Waals surface area contributed by atoms with Gasteiger partial charge in [-0.1, -0.05) is 63.4 Å². The van der Waals surface area contributed by atoms with Crippen molar-refractivity contribution in [2.75, 3.05) is 13.1 Å². The summed E-state index contributed by atoms with van der Waals surface area (Å²) in [5, 5.41) is 0. The lowest BCUT2D eigenvalue weighted by Gasteiger charge is -2.28. The maximum atomic E-state index is 13.3. The van der Waals surface area contributed by atoms with E-state index in [9.17, 15) is 9.59 Å². The van der Waals surface area contributed by atoms with Crippen LogP contribution in [0.25, 0.3) is 0 Å². The van der Waals surface area contributed by atoms with Gasteiger partial charge < -0.3 is 14.4 Å². The smallest absolute Gasteiger partial charge is 0.242 e. The van der Waals surface area contributed by atoms with E-state index in [0.717, 1.165) is 43.4 Å². The first-order valence-electron chi connectivity index (χ1n) is 11.2. The minimum Gasteiger partial charge on any atom is -0.353 e. The van der Waals surface area contributed by atoms with Crippen molar-refractivity contribution < 1.29 is 9.59 Å². The Morgan fingerprint density at radius 3 is 2.23 bits per heavy atom. The second-order valence-corrected chi connectivity index (χ2v) is 7.97. The molecule has 30 heavy (non-hydrogen) atoms. The fourth-order valence-electron chi connectivity index (χ4n) is 3.58. The first-order valence-corrected chi connectivity index (χ1v) is 11.2. The molecule has 0 saturated heterocycles. The molecule has 0 aliphatic carbocycles. The highest BCUT2D eigenvalue weighted by molar-refractivity contribution is 5.84. The molecule has 2 rings (SSSR count). The van der Waals surface area contributed by atoms with E-state index in [4.69, 9.17) is 0 Å². The van der Waals surface area contributed by atoms with Gasteiger partial charge in [-0.3, -0.25) is 9.59 Å². The molecule has 0 bridgehead atoms. The molecule has 1 aromatic heterocycles. The zero-order chi connectivity index (χ0) is 21.8. The maximum absolute atomic E-state index is 13.3. The number of carbonyl (C=O) groups is 2. The molecule has 1 heterocycles. The van der Waals surface area contributed by atoms with Crippen molar-refractivity contribution in [3.8, 4) is 0 Å². The second kappa shape index (κ2) is 12.9. The summed E-state index contributed by atoms with van der Waals surface area (Å²) in [7, 11) is 1.99. The van der Waals surface area contributed by atoms with Gasteiger partial charge in [-0.2, -0.15) is 0 Å². The number of benzene rings is 1. The van der Waals surface area contributed by atoms with Gasteiger partial charge in [-0.15, -0.1) is 0 Å². The van der Waals surface area contributed by atoms with Crippen LogP contribution in [0.5, 0.6) is 0 Å². The number of rotatable bonds is 13. The minimum absolute atomic E-state index is 0.00425. The summed E-state index contributed by atoms with van der Waals surface area (Å²) in [6.45, 7) is 6.06. The highest BCUT2D eigenvalue weighted by Crippen LogP contribution is 2.13. The molecule has 0 unspecified atom stereocenters. The van der Waals surface area contributed by atoms with Crippen LogP contribution in [0.15, 0.2) is 48.7 Å². The van der Waals surface area contributed by atoms with E-state index in [0.29, 0.717) is 26.1 Å². The normalized spacial score (nSPS) is 10.8. The highest BCUT2D eigenvalue weighted by Gasteiger charge is 2.21. The first-order chi connectivity index (χ1) is 14.5. The Morgan fingerprint density at radius 1 is 0.833 bits per heavy atom. The van der Waals surface area contributed by atoms with Crippen LogP contribution in [0.2, 0.25) is 0 Å². The Morgan fingerprint density at radius 2 is 1.60 bits per heavy atom. The number of aryl methyl sites for hydroxylation is 1. The first kappa shape index (κ1) is 23.7. The van der Waals surface area contributed by atoms with E-state index in [1.165, 1.54) is 0 Å². The van der Waals surface area contributed by atoms with Gasteiger partial charge in [0.2, 0.25) is 11.8 Å². The Labute approximate surface area is 181 Å².